The second kappa shape index (κ2) is 5.33. The number of rotatable bonds is 3. The van der Waals surface area contributed by atoms with Crippen molar-refractivity contribution in [2.45, 2.75) is 45.1 Å². The summed E-state index contributed by atoms with van der Waals surface area (Å²) in [5.74, 6) is 1.13. The van der Waals surface area contributed by atoms with Crippen LogP contribution in [0.4, 0.5) is 5.95 Å². The maximum absolute atomic E-state index is 11.3. The lowest BCUT2D eigenvalue weighted by atomic mass is 9.97. The number of nitrogens with zero attached hydrogens (tertiary/aromatic N) is 3. The summed E-state index contributed by atoms with van der Waals surface area (Å²) in [4.78, 5) is 6.37. The predicted octanol–water partition coefficient (Wildman–Crippen LogP) is 0.885. The molecule has 0 bridgehead atoms. The van der Waals surface area contributed by atoms with Gasteiger partial charge < -0.3 is 9.42 Å². The molecule has 20 heavy (non-hydrogen) atoms. The Morgan fingerprint density at radius 1 is 1.40 bits per heavy atom. The number of nitrogens with one attached hydrogen (secondary N) is 1. The molecular weight excluding hydrogens is 280 g/mol. The van der Waals surface area contributed by atoms with Crippen LogP contribution in [0.5, 0.6) is 0 Å². The van der Waals surface area contributed by atoms with Gasteiger partial charge >= 0.3 is 0 Å². The standard InChI is InChI=1S/C12H22N4O3S/c1-12(2,3)10-13-11(14-19-10)16-7-5-6-9(8-16)15-20(4,17)18/h9,15H,5-8H2,1-4H3/t9-/m0/s1. The van der Waals surface area contributed by atoms with E-state index < -0.39 is 10.0 Å². The molecule has 0 radical (unpaired) electrons. The Labute approximate surface area is 119 Å². The Bertz CT molecular complexity index is 562. The van der Waals surface area contributed by atoms with Crippen molar-refractivity contribution in [1.82, 2.24) is 14.9 Å². The summed E-state index contributed by atoms with van der Waals surface area (Å²) in [6, 6.07) is -0.102. The lowest BCUT2D eigenvalue weighted by molar-refractivity contribution is 0.319. The molecule has 1 aromatic rings. The fourth-order valence-corrected chi connectivity index (χ4v) is 3.00. The topological polar surface area (TPSA) is 88.3 Å². The largest absolute Gasteiger partial charge is 0.337 e. The van der Waals surface area contributed by atoms with Crippen molar-refractivity contribution in [2.75, 3.05) is 24.2 Å². The Morgan fingerprint density at radius 2 is 2.10 bits per heavy atom. The summed E-state index contributed by atoms with van der Waals surface area (Å²) in [5.41, 5.74) is -0.189. The normalized spacial score (nSPS) is 21.2. The van der Waals surface area contributed by atoms with Crippen LogP contribution >= 0.6 is 0 Å². The summed E-state index contributed by atoms with van der Waals surface area (Å²) >= 11 is 0. The third-order valence-corrected chi connectivity index (χ3v) is 3.90. The molecule has 1 aromatic heterocycles. The van der Waals surface area contributed by atoms with Crippen molar-refractivity contribution in [1.29, 1.82) is 0 Å². The summed E-state index contributed by atoms with van der Waals surface area (Å²) in [7, 11) is -3.19. The van der Waals surface area contributed by atoms with Crippen LogP contribution in [-0.2, 0) is 15.4 Å². The fraction of sp³-hybridized carbons (Fsp3) is 0.833. The lowest BCUT2D eigenvalue weighted by Gasteiger charge is -2.31. The summed E-state index contributed by atoms with van der Waals surface area (Å²) in [5, 5.41) is 4.00. The molecule has 114 valence electrons. The second-order valence-corrected chi connectivity index (χ2v) is 8.10. The molecule has 1 aliphatic heterocycles. The van der Waals surface area contributed by atoms with Crippen molar-refractivity contribution < 1.29 is 12.9 Å². The fourth-order valence-electron chi connectivity index (χ4n) is 2.21. The summed E-state index contributed by atoms with van der Waals surface area (Å²) in [6.45, 7) is 7.40. The molecule has 1 N–H and O–H groups in total. The molecule has 1 aliphatic rings. The third kappa shape index (κ3) is 3.92. The number of piperidine rings is 1. The maximum atomic E-state index is 11.3. The van der Waals surface area contributed by atoms with Crippen molar-refractivity contribution in [3.05, 3.63) is 5.89 Å². The van der Waals surface area contributed by atoms with Gasteiger partial charge in [-0.15, -0.1) is 0 Å². The third-order valence-electron chi connectivity index (χ3n) is 3.14. The Morgan fingerprint density at radius 3 is 2.65 bits per heavy atom. The number of hydrogen-bond acceptors (Lipinski definition) is 6. The van der Waals surface area contributed by atoms with E-state index in [0.717, 1.165) is 19.4 Å². The van der Waals surface area contributed by atoms with Crippen LogP contribution in [0.2, 0.25) is 0 Å². The van der Waals surface area contributed by atoms with E-state index >= 15 is 0 Å². The van der Waals surface area contributed by atoms with Gasteiger partial charge in [0.25, 0.3) is 5.95 Å². The minimum atomic E-state index is -3.19. The second-order valence-electron chi connectivity index (χ2n) is 6.32. The molecule has 1 fully saturated rings. The average Bonchev–Trinajstić information content (AvgIpc) is 2.75. The van der Waals surface area contributed by atoms with Gasteiger partial charge in [0.1, 0.15) is 0 Å². The van der Waals surface area contributed by atoms with Gasteiger partial charge in [0.15, 0.2) is 0 Å². The molecule has 1 saturated heterocycles. The highest BCUT2D eigenvalue weighted by Crippen LogP contribution is 2.24. The first-order chi connectivity index (χ1) is 9.15. The van der Waals surface area contributed by atoms with E-state index in [1.165, 1.54) is 6.26 Å². The number of aromatic nitrogens is 2. The first-order valence-electron chi connectivity index (χ1n) is 6.71. The molecule has 7 nitrogen and oxygen atoms in total. The van der Waals surface area contributed by atoms with E-state index in [1.807, 2.05) is 25.7 Å². The molecule has 0 aromatic carbocycles. The van der Waals surface area contributed by atoms with Gasteiger partial charge in [0.05, 0.1) is 6.26 Å². The highest BCUT2D eigenvalue weighted by molar-refractivity contribution is 7.88. The van der Waals surface area contributed by atoms with Crippen molar-refractivity contribution in [3.8, 4) is 0 Å². The molecule has 8 heteroatoms. The molecule has 1 atom stereocenters. The molecule has 0 amide bonds. The minimum Gasteiger partial charge on any atom is -0.337 e. The van der Waals surface area contributed by atoms with Gasteiger partial charge in [-0.25, -0.2) is 13.1 Å². The number of hydrogen-bond donors (Lipinski definition) is 1. The van der Waals surface area contributed by atoms with Crippen LogP contribution in [-0.4, -0.2) is 43.9 Å². The molecule has 0 aliphatic carbocycles. The Hall–Kier alpha value is -1.15. The van der Waals surface area contributed by atoms with E-state index in [0.29, 0.717) is 18.4 Å². The maximum Gasteiger partial charge on any atom is 0.266 e. The van der Waals surface area contributed by atoms with Gasteiger partial charge in [-0.05, 0) is 18.0 Å². The zero-order valence-electron chi connectivity index (χ0n) is 12.4. The monoisotopic (exact) mass is 302 g/mol. The van der Waals surface area contributed by atoms with Crippen molar-refractivity contribution in [3.63, 3.8) is 0 Å². The van der Waals surface area contributed by atoms with Crippen LogP contribution in [0.3, 0.4) is 0 Å². The van der Waals surface area contributed by atoms with E-state index in [1.54, 1.807) is 0 Å². The summed E-state index contributed by atoms with van der Waals surface area (Å²) < 4.78 is 30.5. The van der Waals surface area contributed by atoms with Crippen LogP contribution in [0.25, 0.3) is 0 Å². The zero-order valence-corrected chi connectivity index (χ0v) is 13.2. The molecule has 0 spiro atoms. The minimum absolute atomic E-state index is 0.102. The molecule has 0 unspecified atom stereocenters. The highest BCUT2D eigenvalue weighted by Gasteiger charge is 2.27. The number of sulfonamides is 1. The smallest absolute Gasteiger partial charge is 0.266 e. The van der Waals surface area contributed by atoms with Crippen LogP contribution in [0.1, 0.15) is 39.5 Å². The lowest BCUT2D eigenvalue weighted by Crippen LogP contribution is -2.47. The van der Waals surface area contributed by atoms with Gasteiger partial charge in [-0.2, -0.15) is 4.98 Å². The van der Waals surface area contributed by atoms with E-state index in [4.69, 9.17) is 4.52 Å². The van der Waals surface area contributed by atoms with Crippen LogP contribution < -0.4 is 9.62 Å². The first-order valence-corrected chi connectivity index (χ1v) is 8.61. The average molecular weight is 302 g/mol. The summed E-state index contributed by atoms with van der Waals surface area (Å²) in [6.07, 6.45) is 2.90. The van der Waals surface area contributed by atoms with Gasteiger partial charge in [-0.1, -0.05) is 20.8 Å². The SMILES string of the molecule is CC(C)(C)c1nc(N2CCC[C@H](NS(C)(=O)=O)C2)no1. The predicted molar refractivity (Wildman–Crippen MR) is 76.2 cm³/mol. The highest BCUT2D eigenvalue weighted by atomic mass is 32.2. The van der Waals surface area contributed by atoms with E-state index in [9.17, 15) is 8.42 Å². The van der Waals surface area contributed by atoms with Gasteiger partial charge in [-0.3, -0.25) is 0 Å². The van der Waals surface area contributed by atoms with Crippen LogP contribution in [0, 0.1) is 0 Å². The van der Waals surface area contributed by atoms with E-state index in [-0.39, 0.29) is 11.5 Å². The van der Waals surface area contributed by atoms with Gasteiger partial charge in [0.2, 0.25) is 15.9 Å². The Balaban J connectivity index is 2.07. The van der Waals surface area contributed by atoms with E-state index in [2.05, 4.69) is 14.9 Å². The first kappa shape index (κ1) is 15.2. The molecule has 2 rings (SSSR count). The zero-order chi connectivity index (χ0) is 15.0. The van der Waals surface area contributed by atoms with Crippen molar-refractivity contribution in [2.24, 2.45) is 0 Å². The Kier molecular flexibility index (Phi) is 4.06. The van der Waals surface area contributed by atoms with Crippen LogP contribution in [0.15, 0.2) is 4.52 Å². The van der Waals surface area contributed by atoms with Crippen molar-refractivity contribution >= 4 is 16.0 Å². The molecule has 0 saturated carbocycles. The molecule has 2 heterocycles. The van der Waals surface area contributed by atoms with Gasteiger partial charge in [0, 0.05) is 24.5 Å². The molecular formula is C12H22N4O3S. The number of anilines is 1. The quantitative estimate of drug-likeness (QED) is 0.892.